The van der Waals surface area contributed by atoms with Crippen molar-refractivity contribution < 1.29 is 4.79 Å². The van der Waals surface area contributed by atoms with Crippen LogP contribution >= 0.6 is 27.3 Å². The van der Waals surface area contributed by atoms with Crippen LogP contribution in [0, 0.1) is 6.92 Å². The number of ketones is 1. The fourth-order valence-corrected chi connectivity index (χ4v) is 2.96. The van der Waals surface area contributed by atoms with E-state index in [9.17, 15) is 4.79 Å². The van der Waals surface area contributed by atoms with E-state index >= 15 is 0 Å². The standard InChI is InChI=1S/C12H14BrN3OS/c1-7(2)16-12(9(13)5-14-16)10(17)4-11-15-8(3)6-18-11/h5-7H,4H2,1-3H3. The molecule has 0 bridgehead atoms. The monoisotopic (exact) mass is 327 g/mol. The Kier molecular flexibility index (Phi) is 3.97. The number of hydrogen-bond acceptors (Lipinski definition) is 4. The lowest BCUT2D eigenvalue weighted by Crippen LogP contribution is -2.14. The van der Waals surface area contributed by atoms with E-state index in [0.717, 1.165) is 15.2 Å². The fraction of sp³-hybridized carbons (Fsp3) is 0.417. The molecule has 2 aromatic heterocycles. The first-order chi connectivity index (χ1) is 8.49. The Morgan fingerprint density at radius 3 is 2.83 bits per heavy atom. The van der Waals surface area contributed by atoms with Gasteiger partial charge in [0.15, 0.2) is 5.78 Å². The van der Waals surface area contributed by atoms with Gasteiger partial charge in [-0.1, -0.05) is 0 Å². The van der Waals surface area contributed by atoms with Crippen LogP contribution in [-0.4, -0.2) is 20.5 Å². The highest BCUT2D eigenvalue weighted by Gasteiger charge is 2.20. The van der Waals surface area contributed by atoms with Crippen LogP contribution in [0.1, 0.15) is 41.1 Å². The first kappa shape index (κ1) is 13.4. The zero-order valence-electron chi connectivity index (χ0n) is 10.5. The zero-order valence-corrected chi connectivity index (χ0v) is 12.9. The van der Waals surface area contributed by atoms with Crippen molar-refractivity contribution in [3.63, 3.8) is 0 Å². The molecule has 0 unspecified atom stereocenters. The number of carbonyl (C=O) groups is 1. The summed E-state index contributed by atoms with van der Waals surface area (Å²) in [6.45, 7) is 5.94. The van der Waals surface area contributed by atoms with Crippen LogP contribution in [0.25, 0.3) is 0 Å². The highest BCUT2D eigenvalue weighted by Crippen LogP contribution is 2.22. The molecule has 6 heteroatoms. The molecule has 2 aromatic rings. The van der Waals surface area contributed by atoms with Gasteiger partial charge in [0, 0.05) is 17.1 Å². The summed E-state index contributed by atoms with van der Waals surface area (Å²) >= 11 is 4.90. The Morgan fingerprint density at radius 2 is 2.28 bits per heavy atom. The largest absolute Gasteiger partial charge is 0.292 e. The number of Topliss-reactive ketones (excluding diaryl/α,β-unsaturated/α-hetero) is 1. The number of nitrogens with zero attached hydrogens (tertiary/aromatic N) is 3. The average molecular weight is 328 g/mol. The normalized spacial score (nSPS) is 11.2. The third kappa shape index (κ3) is 2.70. The van der Waals surface area contributed by atoms with Crippen molar-refractivity contribution in [2.75, 3.05) is 0 Å². The van der Waals surface area contributed by atoms with E-state index in [-0.39, 0.29) is 11.8 Å². The molecule has 4 nitrogen and oxygen atoms in total. The molecule has 2 rings (SSSR count). The number of halogens is 1. The second-order valence-electron chi connectivity index (χ2n) is 4.36. The van der Waals surface area contributed by atoms with Crippen molar-refractivity contribution in [2.45, 2.75) is 33.2 Å². The van der Waals surface area contributed by atoms with Gasteiger partial charge in [-0.2, -0.15) is 5.10 Å². The number of carbonyl (C=O) groups excluding carboxylic acids is 1. The Morgan fingerprint density at radius 1 is 1.56 bits per heavy atom. The molecule has 0 saturated carbocycles. The van der Waals surface area contributed by atoms with Crippen LogP contribution < -0.4 is 0 Å². The van der Waals surface area contributed by atoms with Crippen LogP contribution in [0.5, 0.6) is 0 Å². The molecule has 0 N–H and O–H groups in total. The van der Waals surface area contributed by atoms with E-state index in [1.165, 1.54) is 11.3 Å². The van der Waals surface area contributed by atoms with Crippen LogP contribution in [0.2, 0.25) is 0 Å². The van der Waals surface area contributed by atoms with E-state index in [1.807, 2.05) is 26.2 Å². The molecule has 0 aliphatic carbocycles. The second kappa shape index (κ2) is 5.32. The molecule has 0 aliphatic rings. The Bertz CT molecular complexity index is 574. The molecule has 0 saturated heterocycles. The Hall–Kier alpha value is -1.01. The fourth-order valence-electron chi connectivity index (χ4n) is 1.70. The average Bonchev–Trinajstić information content (AvgIpc) is 2.85. The zero-order chi connectivity index (χ0) is 13.3. The minimum atomic E-state index is 0.0439. The molecule has 18 heavy (non-hydrogen) atoms. The van der Waals surface area contributed by atoms with Gasteiger partial charge in [0.05, 0.1) is 17.1 Å². The summed E-state index contributed by atoms with van der Waals surface area (Å²) in [5, 5.41) is 7.02. The maximum atomic E-state index is 12.3. The molecule has 0 atom stereocenters. The molecule has 0 spiro atoms. The van der Waals surface area contributed by atoms with Gasteiger partial charge in [-0.3, -0.25) is 9.48 Å². The van der Waals surface area contributed by atoms with Crippen molar-refractivity contribution >= 4 is 33.0 Å². The first-order valence-electron chi connectivity index (χ1n) is 5.66. The van der Waals surface area contributed by atoms with Crippen molar-refractivity contribution in [3.8, 4) is 0 Å². The van der Waals surface area contributed by atoms with E-state index in [1.54, 1.807) is 10.9 Å². The smallest absolute Gasteiger partial charge is 0.188 e. The van der Waals surface area contributed by atoms with Crippen molar-refractivity contribution in [1.29, 1.82) is 0 Å². The second-order valence-corrected chi connectivity index (χ2v) is 6.16. The number of thiazole rings is 1. The van der Waals surface area contributed by atoms with Crippen molar-refractivity contribution in [1.82, 2.24) is 14.8 Å². The van der Waals surface area contributed by atoms with Gasteiger partial charge in [0.1, 0.15) is 10.7 Å². The predicted octanol–water partition coefficient (Wildman–Crippen LogP) is 3.42. The molecule has 2 heterocycles. The molecule has 0 radical (unpaired) electrons. The Labute approximate surface area is 118 Å². The molecule has 96 valence electrons. The summed E-state index contributed by atoms with van der Waals surface area (Å²) < 4.78 is 2.49. The molecule has 0 fully saturated rings. The number of aromatic nitrogens is 3. The number of rotatable bonds is 4. The summed E-state index contributed by atoms with van der Waals surface area (Å²) in [7, 11) is 0. The molecule has 0 aromatic carbocycles. The lowest BCUT2D eigenvalue weighted by molar-refractivity contribution is 0.0980. The highest BCUT2D eigenvalue weighted by molar-refractivity contribution is 9.10. The van der Waals surface area contributed by atoms with Crippen LogP contribution in [0.3, 0.4) is 0 Å². The maximum Gasteiger partial charge on any atom is 0.188 e. The third-order valence-corrected chi connectivity index (χ3v) is 4.03. The summed E-state index contributed by atoms with van der Waals surface area (Å²) in [6, 6.07) is 0.160. The topological polar surface area (TPSA) is 47.8 Å². The highest BCUT2D eigenvalue weighted by atomic mass is 79.9. The first-order valence-corrected chi connectivity index (χ1v) is 7.33. The third-order valence-electron chi connectivity index (χ3n) is 2.48. The van der Waals surface area contributed by atoms with Gasteiger partial charge in [0.2, 0.25) is 0 Å². The van der Waals surface area contributed by atoms with Crippen LogP contribution in [-0.2, 0) is 6.42 Å². The SMILES string of the molecule is Cc1csc(CC(=O)c2c(Br)cnn2C(C)C)n1. The van der Waals surface area contributed by atoms with Gasteiger partial charge in [-0.25, -0.2) is 4.98 Å². The molecular formula is C12H14BrN3OS. The summed E-state index contributed by atoms with van der Waals surface area (Å²) in [6.07, 6.45) is 2.00. The van der Waals surface area contributed by atoms with Crippen molar-refractivity contribution in [3.05, 3.63) is 32.4 Å². The summed E-state index contributed by atoms with van der Waals surface area (Å²) in [4.78, 5) is 16.6. The molecule has 0 amide bonds. The van der Waals surface area contributed by atoms with E-state index in [0.29, 0.717) is 12.1 Å². The quantitative estimate of drug-likeness (QED) is 0.808. The lowest BCUT2D eigenvalue weighted by Gasteiger charge is -2.09. The minimum Gasteiger partial charge on any atom is -0.292 e. The molecular weight excluding hydrogens is 314 g/mol. The van der Waals surface area contributed by atoms with Gasteiger partial charge in [-0.15, -0.1) is 11.3 Å². The van der Waals surface area contributed by atoms with Gasteiger partial charge in [0.25, 0.3) is 0 Å². The van der Waals surface area contributed by atoms with Gasteiger partial charge >= 0.3 is 0 Å². The van der Waals surface area contributed by atoms with Gasteiger partial charge < -0.3 is 0 Å². The number of aryl methyl sites for hydroxylation is 1. The maximum absolute atomic E-state index is 12.3. The Balaban J connectivity index is 2.26. The predicted molar refractivity (Wildman–Crippen MR) is 75.2 cm³/mol. The molecule has 0 aliphatic heterocycles. The van der Waals surface area contributed by atoms with E-state index in [4.69, 9.17) is 0 Å². The van der Waals surface area contributed by atoms with Crippen LogP contribution in [0.4, 0.5) is 0 Å². The van der Waals surface area contributed by atoms with Gasteiger partial charge in [-0.05, 0) is 36.7 Å². The lowest BCUT2D eigenvalue weighted by atomic mass is 10.2. The van der Waals surface area contributed by atoms with E-state index in [2.05, 4.69) is 26.0 Å². The minimum absolute atomic E-state index is 0.0439. The van der Waals surface area contributed by atoms with E-state index < -0.39 is 0 Å². The number of hydrogen-bond donors (Lipinski definition) is 0. The summed E-state index contributed by atoms with van der Waals surface area (Å²) in [5.41, 5.74) is 1.58. The van der Waals surface area contributed by atoms with Crippen LogP contribution in [0.15, 0.2) is 16.0 Å². The van der Waals surface area contributed by atoms with Crippen molar-refractivity contribution in [2.24, 2.45) is 0 Å². The summed E-state index contributed by atoms with van der Waals surface area (Å²) in [5.74, 6) is 0.0439.